The van der Waals surface area contributed by atoms with Crippen molar-refractivity contribution in [2.45, 2.75) is 12.0 Å². The Morgan fingerprint density at radius 1 is 1.71 bits per heavy atom. The maximum Gasteiger partial charge on any atom is 0.325 e. The van der Waals surface area contributed by atoms with Crippen LogP contribution in [0, 0.1) is 5.82 Å². The van der Waals surface area contributed by atoms with Gasteiger partial charge in [-0.1, -0.05) is 11.6 Å². The van der Waals surface area contributed by atoms with Gasteiger partial charge in [0.25, 0.3) is 0 Å². The van der Waals surface area contributed by atoms with Crippen LogP contribution in [0.3, 0.4) is 0 Å². The number of carboxylic acid groups (broad SMARTS) is 1. The van der Waals surface area contributed by atoms with Gasteiger partial charge in [-0.05, 0) is 12.5 Å². The van der Waals surface area contributed by atoms with Crippen LogP contribution in [0.1, 0.15) is 6.42 Å². The van der Waals surface area contributed by atoms with E-state index in [-0.39, 0.29) is 23.8 Å². The number of nitrogens with two attached hydrogens (primary N) is 1. The monoisotopic (exact) mass is 259 g/mol. The minimum atomic E-state index is -1.34. The van der Waals surface area contributed by atoms with Crippen LogP contribution in [0.4, 0.5) is 10.2 Å². The number of pyridine rings is 1. The summed E-state index contributed by atoms with van der Waals surface area (Å²) in [5.41, 5.74) is 4.35. The normalized spacial score (nSPS) is 24.1. The molecule has 1 aliphatic rings. The molecule has 0 bridgehead atoms. The zero-order valence-electron chi connectivity index (χ0n) is 8.86. The molecule has 5 nitrogen and oxygen atoms in total. The first-order chi connectivity index (χ1) is 7.92. The van der Waals surface area contributed by atoms with Crippen molar-refractivity contribution in [1.29, 1.82) is 0 Å². The number of hydrogen-bond acceptors (Lipinski definition) is 4. The zero-order chi connectivity index (χ0) is 12.6. The average Bonchev–Trinajstić information content (AvgIpc) is 2.62. The number of aliphatic carboxylic acids is 1. The number of carbonyl (C=O) groups is 1. The van der Waals surface area contributed by atoms with Gasteiger partial charge in [-0.15, -0.1) is 0 Å². The van der Waals surface area contributed by atoms with Gasteiger partial charge >= 0.3 is 5.97 Å². The molecule has 2 heterocycles. The average molecular weight is 260 g/mol. The summed E-state index contributed by atoms with van der Waals surface area (Å²) in [5.74, 6) is -1.58. The Morgan fingerprint density at radius 3 is 2.94 bits per heavy atom. The van der Waals surface area contributed by atoms with E-state index in [2.05, 4.69) is 4.98 Å². The van der Waals surface area contributed by atoms with Crippen LogP contribution in [0.2, 0.25) is 5.02 Å². The Bertz CT molecular complexity index is 471. The number of hydrogen-bond donors (Lipinski definition) is 2. The second-order valence-electron chi connectivity index (χ2n) is 4.09. The number of carboxylic acids is 1. The third-order valence-electron chi connectivity index (χ3n) is 2.81. The highest BCUT2D eigenvalue weighted by Gasteiger charge is 2.42. The minimum Gasteiger partial charge on any atom is -0.480 e. The lowest BCUT2D eigenvalue weighted by molar-refractivity contribution is -0.142. The van der Waals surface area contributed by atoms with Crippen LogP contribution >= 0.6 is 11.6 Å². The topological polar surface area (TPSA) is 79.5 Å². The van der Waals surface area contributed by atoms with Gasteiger partial charge in [-0.2, -0.15) is 0 Å². The molecule has 92 valence electrons. The second-order valence-corrected chi connectivity index (χ2v) is 4.53. The minimum absolute atomic E-state index is 0.0356. The van der Waals surface area contributed by atoms with E-state index >= 15 is 0 Å². The lowest BCUT2D eigenvalue weighted by Gasteiger charge is -2.21. The molecule has 0 amide bonds. The lowest BCUT2D eigenvalue weighted by Crippen LogP contribution is -2.50. The van der Waals surface area contributed by atoms with E-state index < -0.39 is 17.3 Å². The van der Waals surface area contributed by atoms with Crippen molar-refractivity contribution in [3.63, 3.8) is 0 Å². The predicted octanol–water partition coefficient (Wildman–Crippen LogP) is 0.866. The summed E-state index contributed by atoms with van der Waals surface area (Å²) in [5, 5.41) is 9.16. The van der Waals surface area contributed by atoms with Gasteiger partial charge in [-0.3, -0.25) is 4.79 Å². The Labute approximate surface area is 102 Å². The van der Waals surface area contributed by atoms with E-state index in [1.54, 1.807) is 0 Å². The fourth-order valence-corrected chi connectivity index (χ4v) is 1.97. The summed E-state index contributed by atoms with van der Waals surface area (Å²) in [6, 6.07) is 1.14. The van der Waals surface area contributed by atoms with E-state index in [1.807, 2.05) is 0 Å². The fraction of sp³-hybridized carbons (Fsp3) is 0.400. The summed E-state index contributed by atoms with van der Waals surface area (Å²) in [6.07, 6.45) is 1.57. The van der Waals surface area contributed by atoms with Crippen LogP contribution in [0.5, 0.6) is 0 Å². The molecule has 0 spiro atoms. The third-order valence-corrected chi connectivity index (χ3v) is 3.02. The molecule has 1 fully saturated rings. The highest BCUT2D eigenvalue weighted by Crippen LogP contribution is 2.27. The number of rotatable bonds is 2. The molecule has 17 heavy (non-hydrogen) atoms. The van der Waals surface area contributed by atoms with Gasteiger partial charge in [0, 0.05) is 19.3 Å². The first-order valence-electron chi connectivity index (χ1n) is 5.01. The maximum absolute atomic E-state index is 13.6. The van der Waals surface area contributed by atoms with Gasteiger partial charge in [0.1, 0.15) is 5.54 Å². The van der Waals surface area contributed by atoms with Crippen LogP contribution in [0.25, 0.3) is 0 Å². The molecule has 1 aromatic heterocycles. The first kappa shape index (κ1) is 12.1. The van der Waals surface area contributed by atoms with Crippen molar-refractivity contribution < 1.29 is 14.3 Å². The molecule has 1 atom stereocenters. The molecule has 0 saturated carbocycles. The Balaban J connectivity index is 2.24. The molecular weight excluding hydrogens is 249 g/mol. The standard InChI is InChI=1S/C10H11ClFN3O2/c11-6-3-7(12)8(14-4-6)15-2-1-10(13,5-15)9(16)17/h3-4H,1-2,5,13H2,(H,16,17). The molecule has 1 aromatic rings. The van der Waals surface area contributed by atoms with Crippen molar-refractivity contribution in [2.75, 3.05) is 18.0 Å². The fourth-order valence-electron chi connectivity index (χ4n) is 1.83. The van der Waals surface area contributed by atoms with E-state index in [0.29, 0.717) is 6.54 Å². The van der Waals surface area contributed by atoms with Crippen molar-refractivity contribution in [2.24, 2.45) is 5.73 Å². The summed E-state index contributed by atoms with van der Waals surface area (Å²) in [6.45, 7) is 0.391. The van der Waals surface area contributed by atoms with Crippen molar-refractivity contribution >= 4 is 23.4 Å². The Kier molecular flexibility index (Phi) is 2.92. The SMILES string of the molecule is NC1(C(=O)O)CCN(c2ncc(Cl)cc2F)C1. The van der Waals surface area contributed by atoms with Gasteiger partial charge in [0.2, 0.25) is 0 Å². The molecule has 7 heteroatoms. The predicted molar refractivity (Wildman–Crippen MR) is 60.6 cm³/mol. The summed E-state index contributed by atoms with van der Waals surface area (Å²) in [4.78, 5) is 16.3. The highest BCUT2D eigenvalue weighted by molar-refractivity contribution is 6.30. The van der Waals surface area contributed by atoms with E-state index in [0.717, 1.165) is 6.07 Å². The van der Waals surface area contributed by atoms with Crippen molar-refractivity contribution in [3.05, 3.63) is 23.1 Å². The molecule has 1 aliphatic heterocycles. The first-order valence-corrected chi connectivity index (χ1v) is 5.38. The molecule has 0 aromatic carbocycles. The lowest BCUT2D eigenvalue weighted by atomic mass is 10.0. The van der Waals surface area contributed by atoms with Gasteiger partial charge < -0.3 is 15.7 Å². The zero-order valence-corrected chi connectivity index (χ0v) is 9.62. The number of nitrogens with zero attached hydrogens (tertiary/aromatic N) is 2. The quantitative estimate of drug-likeness (QED) is 0.824. The molecule has 1 unspecified atom stereocenters. The van der Waals surface area contributed by atoms with Crippen LogP contribution in [-0.2, 0) is 4.79 Å². The summed E-state index contributed by atoms with van der Waals surface area (Å²) >= 11 is 5.59. The van der Waals surface area contributed by atoms with E-state index in [1.165, 1.54) is 11.1 Å². The second kappa shape index (κ2) is 4.12. The van der Waals surface area contributed by atoms with Crippen LogP contribution < -0.4 is 10.6 Å². The number of aromatic nitrogens is 1. The molecule has 2 rings (SSSR count). The summed E-state index contributed by atoms with van der Waals surface area (Å²) < 4.78 is 13.6. The van der Waals surface area contributed by atoms with Crippen molar-refractivity contribution in [3.8, 4) is 0 Å². The van der Waals surface area contributed by atoms with Gasteiger partial charge in [0.15, 0.2) is 11.6 Å². The van der Waals surface area contributed by atoms with E-state index in [4.69, 9.17) is 22.4 Å². The van der Waals surface area contributed by atoms with Crippen molar-refractivity contribution in [1.82, 2.24) is 4.98 Å². The third kappa shape index (κ3) is 2.18. The highest BCUT2D eigenvalue weighted by atomic mass is 35.5. The van der Waals surface area contributed by atoms with Crippen LogP contribution in [0.15, 0.2) is 12.3 Å². The molecule has 1 saturated heterocycles. The largest absolute Gasteiger partial charge is 0.480 e. The summed E-state index contributed by atoms with van der Waals surface area (Å²) in [7, 11) is 0. The Morgan fingerprint density at radius 2 is 2.41 bits per heavy atom. The molecular formula is C10H11ClFN3O2. The Hall–Kier alpha value is -1.40. The van der Waals surface area contributed by atoms with Gasteiger partial charge in [-0.25, -0.2) is 9.37 Å². The molecule has 3 N–H and O–H groups in total. The van der Waals surface area contributed by atoms with Crippen LogP contribution in [-0.4, -0.2) is 34.7 Å². The van der Waals surface area contributed by atoms with E-state index in [9.17, 15) is 9.18 Å². The van der Waals surface area contributed by atoms with Gasteiger partial charge in [0.05, 0.1) is 5.02 Å². The smallest absolute Gasteiger partial charge is 0.325 e. The molecule has 0 aliphatic carbocycles. The molecule has 0 radical (unpaired) electrons. The number of anilines is 1. The maximum atomic E-state index is 13.6. The number of halogens is 2.